The number of carbonyl (C=O) groups excluding carboxylic acids is 1. The molecule has 6 rings (SSSR count). The van der Waals surface area contributed by atoms with Gasteiger partial charge in [0.05, 0.1) is 23.9 Å². The number of amides is 1. The van der Waals surface area contributed by atoms with Crippen LogP contribution in [0.15, 0.2) is 89.7 Å². The second-order valence-electron chi connectivity index (χ2n) is 9.43. The molecule has 0 spiro atoms. The lowest BCUT2D eigenvalue weighted by atomic mass is 10.2. The van der Waals surface area contributed by atoms with E-state index in [1.165, 1.54) is 18.4 Å². The lowest BCUT2D eigenvalue weighted by Gasteiger charge is -2.34. The molecule has 0 atom stereocenters. The van der Waals surface area contributed by atoms with E-state index in [0.717, 1.165) is 43.0 Å². The van der Waals surface area contributed by atoms with Crippen molar-refractivity contribution in [3.8, 4) is 23.0 Å². The van der Waals surface area contributed by atoms with Crippen LogP contribution in [0.4, 0.5) is 4.39 Å². The minimum atomic E-state index is -0.326. The van der Waals surface area contributed by atoms with Crippen molar-refractivity contribution in [1.29, 1.82) is 0 Å². The number of aromatic nitrogens is 3. The lowest BCUT2D eigenvalue weighted by molar-refractivity contribution is 0.0600. The van der Waals surface area contributed by atoms with Gasteiger partial charge >= 0.3 is 0 Å². The van der Waals surface area contributed by atoms with Gasteiger partial charge in [0.15, 0.2) is 11.6 Å². The van der Waals surface area contributed by atoms with E-state index in [-0.39, 0.29) is 11.7 Å². The number of hydrogen-bond donors (Lipinski definition) is 0. The van der Waals surface area contributed by atoms with Crippen LogP contribution >= 0.6 is 0 Å². The number of halogens is 1. The molecule has 39 heavy (non-hydrogen) atoms. The highest BCUT2D eigenvalue weighted by Gasteiger charge is 2.23. The van der Waals surface area contributed by atoms with E-state index in [4.69, 9.17) is 9.15 Å². The van der Waals surface area contributed by atoms with Gasteiger partial charge in [0.1, 0.15) is 17.3 Å². The maximum Gasteiger partial charge on any atom is 0.289 e. The van der Waals surface area contributed by atoms with Crippen LogP contribution in [0.5, 0.6) is 5.75 Å². The van der Waals surface area contributed by atoms with E-state index in [0.29, 0.717) is 42.5 Å². The summed E-state index contributed by atoms with van der Waals surface area (Å²) in [6, 6.07) is 21.5. The predicted molar refractivity (Wildman–Crippen MR) is 145 cm³/mol. The minimum Gasteiger partial charge on any atom is -0.494 e. The first-order valence-corrected chi connectivity index (χ1v) is 13.0. The van der Waals surface area contributed by atoms with Crippen LogP contribution in [-0.4, -0.2) is 69.6 Å². The molecule has 1 aliphatic heterocycles. The summed E-state index contributed by atoms with van der Waals surface area (Å²) in [6.45, 7) is 4.56. The number of hydrogen-bond acceptors (Lipinski definition) is 6. The molecule has 1 amide bonds. The second kappa shape index (κ2) is 11.1. The summed E-state index contributed by atoms with van der Waals surface area (Å²) in [7, 11) is 0. The number of carbonyl (C=O) groups is 1. The summed E-state index contributed by atoms with van der Waals surface area (Å²) in [4.78, 5) is 25.7. The number of rotatable bonds is 8. The SMILES string of the molecule is O=C(c1ccco1)N1CCN(CCCOc2ccc(-n3c(-c4ccccn4)nc4cc(F)ccc43)cc2)CC1. The number of benzene rings is 2. The van der Waals surface area contributed by atoms with Gasteiger partial charge in [0.2, 0.25) is 0 Å². The standard InChI is InChI=1S/C30H28FN5O3/c31-22-7-12-27-26(21-22)33-29(25-5-1-2-13-32-25)36(27)23-8-10-24(11-9-23)38-20-4-14-34-15-17-35(18-16-34)30(37)28-6-3-19-39-28/h1-3,5-13,19,21H,4,14-18,20H2. The lowest BCUT2D eigenvalue weighted by Crippen LogP contribution is -2.48. The summed E-state index contributed by atoms with van der Waals surface area (Å²) in [5.74, 6) is 1.45. The van der Waals surface area contributed by atoms with Gasteiger partial charge in [0.25, 0.3) is 5.91 Å². The largest absolute Gasteiger partial charge is 0.494 e. The third-order valence-electron chi connectivity index (χ3n) is 6.88. The number of imidazole rings is 1. The van der Waals surface area contributed by atoms with E-state index in [2.05, 4.69) is 14.9 Å². The molecule has 198 valence electrons. The van der Waals surface area contributed by atoms with Crippen molar-refractivity contribution in [1.82, 2.24) is 24.3 Å². The zero-order valence-corrected chi connectivity index (χ0v) is 21.4. The highest BCUT2D eigenvalue weighted by atomic mass is 19.1. The van der Waals surface area contributed by atoms with Gasteiger partial charge in [-0.2, -0.15) is 0 Å². The maximum atomic E-state index is 13.9. The van der Waals surface area contributed by atoms with Gasteiger partial charge < -0.3 is 14.1 Å². The molecule has 0 saturated carbocycles. The van der Waals surface area contributed by atoms with Crippen LogP contribution in [0.25, 0.3) is 28.2 Å². The Kier molecular flexibility index (Phi) is 7.05. The van der Waals surface area contributed by atoms with E-state index >= 15 is 0 Å². The third-order valence-corrected chi connectivity index (χ3v) is 6.88. The fourth-order valence-corrected chi connectivity index (χ4v) is 4.88. The highest BCUT2D eigenvalue weighted by Crippen LogP contribution is 2.29. The topological polar surface area (TPSA) is 76.6 Å². The first kappa shape index (κ1) is 24.8. The number of nitrogens with zero attached hydrogens (tertiary/aromatic N) is 5. The Morgan fingerprint density at radius 1 is 0.974 bits per heavy atom. The molecular weight excluding hydrogens is 497 g/mol. The van der Waals surface area contributed by atoms with Crippen LogP contribution in [0.1, 0.15) is 17.0 Å². The molecule has 4 heterocycles. The summed E-state index contributed by atoms with van der Waals surface area (Å²) in [5, 5.41) is 0. The Bertz CT molecular complexity index is 1540. The Balaban J connectivity index is 1.05. The molecule has 0 unspecified atom stereocenters. The van der Waals surface area contributed by atoms with Gasteiger partial charge in [-0.05, 0) is 67.1 Å². The summed E-state index contributed by atoms with van der Waals surface area (Å²) >= 11 is 0. The number of ether oxygens (including phenoxy) is 1. The molecule has 0 N–H and O–H groups in total. The number of fused-ring (bicyclic) bond motifs is 1. The van der Waals surface area contributed by atoms with Crippen molar-refractivity contribution in [3.63, 3.8) is 0 Å². The molecule has 0 bridgehead atoms. The quantitative estimate of drug-likeness (QED) is 0.264. The van der Waals surface area contributed by atoms with Crippen molar-refractivity contribution < 1.29 is 18.3 Å². The fraction of sp³-hybridized carbons (Fsp3) is 0.233. The van der Waals surface area contributed by atoms with E-state index in [1.54, 1.807) is 24.4 Å². The smallest absolute Gasteiger partial charge is 0.289 e. The molecule has 0 radical (unpaired) electrons. The van der Waals surface area contributed by atoms with Gasteiger partial charge in [-0.1, -0.05) is 6.07 Å². The van der Waals surface area contributed by atoms with Crippen LogP contribution in [0.2, 0.25) is 0 Å². The van der Waals surface area contributed by atoms with Crippen LogP contribution in [-0.2, 0) is 0 Å². The fourth-order valence-electron chi connectivity index (χ4n) is 4.88. The van der Waals surface area contributed by atoms with Crippen molar-refractivity contribution in [2.75, 3.05) is 39.3 Å². The predicted octanol–water partition coefficient (Wildman–Crippen LogP) is 5.05. The number of pyridine rings is 1. The second-order valence-corrected chi connectivity index (χ2v) is 9.43. The molecular formula is C30H28FN5O3. The molecule has 1 fully saturated rings. The Labute approximate surface area is 225 Å². The summed E-state index contributed by atoms with van der Waals surface area (Å²) in [6.07, 6.45) is 4.13. The van der Waals surface area contributed by atoms with Gasteiger partial charge in [-0.25, -0.2) is 9.37 Å². The molecule has 3 aromatic heterocycles. The monoisotopic (exact) mass is 525 g/mol. The van der Waals surface area contributed by atoms with Gasteiger partial charge in [-0.3, -0.25) is 19.2 Å². The van der Waals surface area contributed by atoms with E-state index in [1.807, 2.05) is 51.9 Å². The van der Waals surface area contributed by atoms with Gasteiger partial charge in [-0.15, -0.1) is 0 Å². The van der Waals surface area contributed by atoms with Crippen molar-refractivity contribution in [2.24, 2.45) is 0 Å². The highest BCUT2D eigenvalue weighted by molar-refractivity contribution is 5.91. The first-order chi connectivity index (χ1) is 19.2. The minimum absolute atomic E-state index is 0.0468. The van der Waals surface area contributed by atoms with Gasteiger partial charge in [0, 0.05) is 50.7 Å². The molecule has 0 aliphatic carbocycles. The normalized spacial score (nSPS) is 14.1. The molecule has 1 saturated heterocycles. The first-order valence-electron chi connectivity index (χ1n) is 13.0. The Hall–Kier alpha value is -4.50. The van der Waals surface area contributed by atoms with E-state index < -0.39 is 0 Å². The zero-order chi connectivity index (χ0) is 26.6. The Morgan fingerprint density at radius 2 is 1.82 bits per heavy atom. The van der Waals surface area contributed by atoms with Crippen LogP contribution < -0.4 is 4.74 Å². The molecule has 1 aliphatic rings. The molecule has 2 aromatic carbocycles. The molecule has 5 aromatic rings. The van der Waals surface area contributed by atoms with Crippen molar-refractivity contribution >= 4 is 16.9 Å². The maximum absolute atomic E-state index is 13.9. The van der Waals surface area contributed by atoms with Crippen LogP contribution in [0, 0.1) is 5.82 Å². The zero-order valence-electron chi connectivity index (χ0n) is 21.4. The van der Waals surface area contributed by atoms with Crippen molar-refractivity contribution in [2.45, 2.75) is 6.42 Å². The third kappa shape index (κ3) is 5.39. The summed E-state index contributed by atoms with van der Waals surface area (Å²) in [5.41, 5.74) is 2.97. The number of furan rings is 1. The van der Waals surface area contributed by atoms with Crippen molar-refractivity contribution in [3.05, 3.63) is 96.8 Å². The average Bonchev–Trinajstić information content (AvgIpc) is 3.65. The molecule has 8 nitrogen and oxygen atoms in total. The van der Waals surface area contributed by atoms with E-state index in [9.17, 15) is 9.18 Å². The molecule has 9 heteroatoms. The Morgan fingerprint density at radius 3 is 2.56 bits per heavy atom. The summed E-state index contributed by atoms with van der Waals surface area (Å²) < 4.78 is 27.1. The van der Waals surface area contributed by atoms with Crippen LogP contribution in [0.3, 0.4) is 0 Å². The number of piperazine rings is 1. The average molecular weight is 526 g/mol.